The molecule has 110 valence electrons. The lowest BCUT2D eigenvalue weighted by atomic mass is 9.95. The van der Waals surface area contributed by atoms with Gasteiger partial charge in [0.15, 0.2) is 0 Å². The van der Waals surface area contributed by atoms with Crippen molar-refractivity contribution in [3.05, 3.63) is 10.9 Å². The van der Waals surface area contributed by atoms with Crippen molar-refractivity contribution in [3.63, 3.8) is 0 Å². The number of fused-ring (bicyclic) bond motifs is 1. The lowest BCUT2D eigenvalue weighted by molar-refractivity contribution is 0.252. The van der Waals surface area contributed by atoms with Crippen LogP contribution in [0.25, 0.3) is 10.2 Å². The molecule has 0 saturated carbocycles. The number of nitrogens with one attached hydrogen (secondary N) is 1. The molecule has 0 saturated heterocycles. The summed E-state index contributed by atoms with van der Waals surface area (Å²) < 4.78 is 0. The first-order chi connectivity index (χ1) is 9.51. The maximum atomic E-state index is 9.23. The summed E-state index contributed by atoms with van der Waals surface area (Å²) in [5, 5.41) is 13.7. The minimum atomic E-state index is -0.198. The van der Waals surface area contributed by atoms with Gasteiger partial charge in [0.1, 0.15) is 10.6 Å². The number of aromatic nitrogens is 2. The van der Waals surface area contributed by atoms with E-state index in [0.717, 1.165) is 28.9 Å². The van der Waals surface area contributed by atoms with Crippen LogP contribution in [0.1, 0.15) is 38.5 Å². The zero-order valence-corrected chi connectivity index (χ0v) is 13.0. The number of nitrogen functional groups attached to an aromatic ring is 1. The van der Waals surface area contributed by atoms with Crippen molar-refractivity contribution in [3.8, 4) is 0 Å². The Kier molecular flexibility index (Phi) is 4.45. The fourth-order valence-electron chi connectivity index (χ4n) is 2.12. The van der Waals surface area contributed by atoms with Crippen molar-refractivity contribution < 1.29 is 5.11 Å². The van der Waals surface area contributed by atoms with Gasteiger partial charge in [0, 0.05) is 17.0 Å². The van der Waals surface area contributed by atoms with Gasteiger partial charge in [-0.15, -0.1) is 11.3 Å². The van der Waals surface area contributed by atoms with Crippen LogP contribution in [0.4, 0.5) is 11.8 Å². The fraction of sp³-hybridized carbons (Fsp3) is 0.571. The zero-order valence-electron chi connectivity index (χ0n) is 12.2. The highest BCUT2D eigenvalue weighted by Gasteiger charge is 2.23. The van der Waals surface area contributed by atoms with Gasteiger partial charge in [-0.2, -0.15) is 4.98 Å². The molecule has 1 unspecified atom stereocenters. The molecular weight excluding hydrogens is 272 g/mol. The lowest BCUT2D eigenvalue weighted by Gasteiger charge is -2.29. The number of nitrogens with zero attached hydrogens (tertiary/aromatic N) is 2. The van der Waals surface area contributed by atoms with Crippen molar-refractivity contribution >= 4 is 33.3 Å². The van der Waals surface area contributed by atoms with Gasteiger partial charge in [0.05, 0.1) is 5.39 Å². The molecule has 20 heavy (non-hydrogen) atoms. The molecule has 0 amide bonds. The topological polar surface area (TPSA) is 84.1 Å². The van der Waals surface area contributed by atoms with Crippen molar-refractivity contribution in [2.75, 3.05) is 17.7 Å². The lowest BCUT2D eigenvalue weighted by Crippen LogP contribution is -2.35. The number of nitrogens with two attached hydrogens (primary N) is 1. The van der Waals surface area contributed by atoms with Crippen LogP contribution in [-0.4, -0.2) is 27.2 Å². The molecule has 0 aliphatic rings. The Morgan fingerprint density at radius 1 is 1.40 bits per heavy atom. The number of hydrogen-bond donors (Lipinski definition) is 3. The number of aliphatic hydroxyl groups is 1. The van der Waals surface area contributed by atoms with Gasteiger partial charge >= 0.3 is 0 Å². The second kappa shape index (κ2) is 5.93. The molecule has 2 heterocycles. The second-order valence-electron chi connectivity index (χ2n) is 5.23. The molecule has 0 aliphatic carbocycles. The van der Waals surface area contributed by atoms with Gasteiger partial charge in [-0.3, -0.25) is 0 Å². The van der Waals surface area contributed by atoms with Crippen LogP contribution in [-0.2, 0) is 6.42 Å². The van der Waals surface area contributed by atoms with E-state index in [0.29, 0.717) is 6.42 Å². The summed E-state index contributed by atoms with van der Waals surface area (Å²) >= 11 is 1.65. The summed E-state index contributed by atoms with van der Waals surface area (Å²) in [6, 6.07) is 2.12. The van der Waals surface area contributed by atoms with Crippen LogP contribution in [0.5, 0.6) is 0 Å². The summed E-state index contributed by atoms with van der Waals surface area (Å²) in [5.74, 6) is 1.05. The second-order valence-corrected chi connectivity index (χ2v) is 6.34. The number of aliphatic hydroxyl groups excluding tert-OH is 1. The molecule has 5 nitrogen and oxygen atoms in total. The van der Waals surface area contributed by atoms with Gasteiger partial charge in [-0.25, -0.2) is 4.98 Å². The third-order valence-electron chi connectivity index (χ3n) is 3.67. The fourth-order valence-corrected chi connectivity index (χ4v) is 3.09. The van der Waals surface area contributed by atoms with E-state index < -0.39 is 0 Å². The van der Waals surface area contributed by atoms with Crippen LogP contribution in [0.15, 0.2) is 6.07 Å². The predicted octanol–water partition coefficient (Wildman–Crippen LogP) is 2.80. The Labute approximate surface area is 123 Å². The molecule has 0 aromatic carbocycles. The normalized spacial score (nSPS) is 14.4. The standard InChI is InChI=1S/C14H22N4OS/c1-4-9-8-10-11(16-13(15)17-12(10)20-9)18-14(3,5-2)6-7-19/h8,19H,4-7H2,1-3H3,(H3,15,16,17,18). The van der Waals surface area contributed by atoms with Crippen molar-refractivity contribution in [2.45, 2.75) is 45.6 Å². The molecule has 2 aromatic rings. The van der Waals surface area contributed by atoms with Crippen molar-refractivity contribution in [2.24, 2.45) is 0 Å². The first kappa shape index (κ1) is 15.0. The highest BCUT2D eigenvalue weighted by Crippen LogP contribution is 2.32. The molecular formula is C14H22N4OS. The number of thiophene rings is 1. The van der Waals surface area contributed by atoms with Gasteiger partial charge in [0.25, 0.3) is 0 Å². The summed E-state index contributed by atoms with van der Waals surface area (Å²) in [4.78, 5) is 10.8. The Morgan fingerprint density at radius 3 is 2.75 bits per heavy atom. The van der Waals surface area contributed by atoms with E-state index in [-0.39, 0.29) is 18.1 Å². The molecule has 1 atom stereocenters. The Balaban J connectivity index is 2.44. The van der Waals surface area contributed by atoms with E-state index in [1.54, 1.807) is 11.3 Å². The number of hydrogen-bond acceptors (Lipinski definition) is 6. The molecule has 0 radical (unpaired) electrons. The average molecular weight is 294 g/mol. The Morgan fingerprint density at radius 2 is 2.15 bits per heavy atom. The predicted molar refractivity (Wildman–Crippen MR) is 85.2 cm³/mol. The minimum absolute atomic E-state index is 0.144. The summed E-state index contributed by atoms with van der Waals surface area (Å²) in [7, 11) is 0. The van der Waals surface area contributed by atoms with E-state index in [1.165, 1.54) is 4.88 Å². The van der Waals surface area contributed by atoms with Crippen LogP contribution >= 0.6 is 11.3 Å². The van der Waals surface area contributed by atoms with Gasteiger partial charge in [-0.1, -0.05) is 13.8 Å². The monoisotopic (exact) mass is 294 g/mol. The van der Waals surface area contributed by atoms with E-state index in [9.17, 15) is 5.11 Å². The Hall–Kier alpha value is -1.40. The molecule has 0 spiro atoms. The first-order valence-corrected chi connectivity index (χ1v) is 7.78. The summed E-state index contributed by atoms with van der Waals surface area (Å²) in [6.07, 6.45) is 2.53. The third kappa shape index (κ3) is 3.02. The molecule has 0 bridgehead atoms. The van der Waals surface area contributed by atoms with E-state index in [4.69, 9.17) is 5.73 Å². The number of aryl methyl sites for hydroxylation is 1. The van der Waals surface area contributed by atoms with Gasteiger partial charge in [-0.05, 0) is 32.3 Å². The summed E-state index contributed by atoms with van der Waals surface area (Å²) in [5.41, 5.74) is 5.61. The largest absolute Gasteiger partial charge is 0.396 e. The van der Waals surface area contributed by atoms with Crippen LogP contribution in [0.3, 0.4) is 0 Å². The quantitative estimate of drug-likeness (QED) is 0.763. The average Bonchev–Trinajstić information content (AvgIpc) is 2.82. The highest BCUT2D eigenvalue weighted by atomic mass is 32.1. The van der Waals surface area contributed by atoms with E-state index in [1.807, 2.05) is 0 Å². The van der Waals surface area contributed by atoms with E-state index in [2.05, 4.69) is 42.1 Å². The number of rotatable bonds is 6. The molecule has 4 N–H and O–H groups in total. The molecule has 0 aliphatic heterocycles. The summed E-state index contributed by atoms with van der Waals surface area (Å²) in [6.45, 7) is 6.44. The number of anilines is 2. The van der Waals surface area contributed by atoms with Crippen molar-refractivity contribution in [1.29, 1.82) is 0 Å². The smallest absolute Gasteiger partial charge is 0.223 e. The first-order valence-electron chi connectivity index (χ1n) is 6.96. The third-order valence-corrected chi connectivity index (χ3v) is 4.85. The molecule has 2 rings (SSSR count). The minimum Gasteiger partial charge on any atom is -0.396 e. The highest BCUT2D eigenvalue weighted by molar-refractivity contribution is 7.18. The van der Waals surface area contributed by atoms with Crippen LogP contribution < -0.4 is 11.1 Å². The van der Waals surface area contributed by atoms with E-state index >= 15 is 0 Å². The maximum absolute atomic E-state index is 9.23. The SMILES string of the molecule is CCc1cc2c(NC(C)(CC)CCO)nc(N)nc2s1. The van der Waals surface area contributed by atoms with Crippen LogP contribution in [0, 0.1) is 0 Å². The zero-order chi connectivity index (χ0) is 14.8. The van der Waals surface area contributed by atoms with Gasteiger partial charge in [0.2, 0.25) is 5.95 Å². The Bertz CT molecular complexity index is 598. The van der Waals surface area contributed by atoms with Gasteiger partial charge < -0.3 is 16.2 Å². The van der Waals surface area contributed by atoms with Crippen LogP contribution in [0.2, 0.25) is 0 Å². The molecule has 0 fully saturated rings. The molecule has 6 heteroatoms. The molecule has 2 aromatic heterocycles. The van der Waals surface area contributed by atoms with Crippen molar-refractivity contribution in [1.82, 2.24) is 9.97 Å². The maximum Gasteiger partial charge on any atom is 0.223 e.